The molecule has 0 bridgehead atoms. The molecule has 2 aromatic rings. The van der Waals surface area contributed by atoms with Crippen LogP contribution in [0.1, 0.15) is 24.8 Å². The fourth-order valence-electron chi connectivity index (χ4n) is 2.28. The zero-order valence-electron chi connectivity index (χ0n) is 12.2. The molecule has 0 radical (unpaired) electrons. The highest BCUT2D eigenvalue weighted by Gasteiger charge is 2.35. The molecule has 1 saturated carbocycles. The van der Waals surface area contributed by atoms with Crippen molar-refractivity contribution in [3.05, 3.63) is 45.9 Å². The van der Waals surface area contributed by atoms with Gasteiger partial charge in [0.05, 0.1) is 6.54 Å². The van der Waals surface area contributed by atoms with Crippen molar-refractivity contribution in [3.63, 3.8) is 0 Å². The Labute approximate surface area is 138 Å². The van der Waals surface area contributed by atoms with Crippen LogP contribution in [-0.4, -0.2) is 27.9 Å². The number of thiazole rings is 1. The summed E-state index contributed by atoms with van der Waals surface area (Å²) in [4.78, 5) is 18.8. The number of amides is 1. The van der Waals surface area contributed by atoms with E-state index in [1.807, 2.05) is 16.3 Å². The predicted octanol–water partition coefficient (Wildman–Crippen LogP) is 3.76. The summed E-state index contributed by atoms with van der Waals surface area (Å²) in [6, 6.07) is 7.43. The van der Waals surface area contributed by atoms with Gasteiger partial charge < -0.3 is 9.64 Å². The second-order valence-electron chi connectivity index (χ2n) is 5.34. The Hall–Kier alpha value is -1.59. The van der Waals surface area contributed by atoms with Crippen molar-refractivity contribution >= 4 is 28.8 Å². The smallest absolute Gasteiger partial charge is 0.263 e. The summed E-state index contributed by atoms with van der Waals surface area (Å²) in [5, 5.41) is 3.48. The molecule has 1 aliphatic rings. The van der Waals surface area contributed by atoms with Crippen LogP contribution in [-0.2, 0) is 11.3 Å². The number of ether oxygens (including phenoxy) is 1. The first kappa shape index (κ1) is 15.3. The highest BCUT2D eigenvalue weighted by atomic mass is 35.5. The highest BCUT2D eigenvalue weighted by molar-refractivity contribution is 7.09. The van der Waals surface area contributed by atoms with E-state index in [0.29, 0.717) is 23.4 Å². The monoisotopic (exact) mass is 336 g/mol. The summed E-state index contributed by atoms with van der Waals surface area (Å²) in [6.45, 7) is 2.34. The van der Waals surface area contributed by atoms with Crippen molar-refractivity contribution in [2.24, 2.45) is 0 Å². The largest absolute Gasteiger partial charge is 0.481 e. The minimum absolute atomic E-state index is 0.00215. The highest BCUT2D eigenvalue weighted by Crippen LogP contribution is 2.30. The zero-order chi connectivity index (χ0) is 15.5. The lowest BCUT2D eigenvalue weighted by atomic mass is 10.3. The summed E-state index contributed by atoms with van der Waals surface area (Å²) in [7, 11) is 0. The maximum absolute atomic E-state index is 12.7. The summed E-state index contributed by atoms with van der Waals surface area (Å²) >= 11 is 7.51. The van der Waals surface area contributed by atoms with Gasteiger partial charge in [0, 0.05) is 22.6 Å². The molecule has 0 saturated heterocycles. The van der Waals surface area contributed by atoms with E-state index in [0.717, 1.165) is 17.8 Å². The van der Waals surface area contributed by atoms with Gasteiger partial charge in [0.1, 0.15) is 10.8 Å². The van der Waals surface area contributed by atoms with E-state index in [-0.39, 0.29) is 5.91 Å². The summed E-state index contributed by atoms with van der Waals surface area (Å²) in [6.07, 6.45) is 3.34. The van der Waals surface area contributed by atoms with Crippen LogP contribution in [0.3, 0.4) is 0 Å². The van der Waals surface area contributed by atoms with Crippen LogP contribution in [0.4, 0.5) is 0 Å². The zero-order valence-corrected chi connectivity index (χ0v) is 13.8. The molecule has 1 fully saturated rings. The third-order valence-corrected chi connectivity index (χ3v) is 4.52. The summed E-state index contributed by atoms with van der Waals surface area (Å²) in [5.74, 6) is 0.607. The molecule has 1 amide bonds. The van der Waals surface area contributed by atoms with E-state index < -0.39 is 6.10 Å². The molecule has 1 unspecified atom stereocenters. The summed E-state index contributed by atoms with van der Waals surface area (Å²) < 4.78 is 5.74. The first-order valence-corrected chi connectivity index (χ1v) is 8.50. The Morgan fingerprint density at radius 3 is 3.00 bits per heavy atom. The Bertz CT molecular complexity index is 643. The van der Waals surface area contributed by atoms with Gasteiger partial charge in [-0.1, -0.05) is 17.7 Å². The molecule has 6 heteroatoms. The first-order chi connectivity index (χ1) is 10.6. The number of rotatable bonds is 6. The number of halogens is 1. The first-order valence-electron chi connectivity index (χ1n) is 7.24. The number of nitrogens with zero attached hydrogens (tertiary/aromatic N) is 2. The molecule has 3 rings (SSSR count). The lowest BCUT2D eigenvalue weighted by molar-refractivity contribution is -0.139. The molecule has 0 spiro atoms. The van der Waals surface area contributed by atoms with Crippen molar-refractivity contribution < 1.29 is 9.53 Å². The Morgan fingerprint density at radius 2 is 2.36 bits per heavy atom. The van der Waals surface area contributed by atoms with Crippen molar-refractivity contribution in [2.45, 2.75) is 38.5 Å². The number of hydrogen-bond donors (Lipinski definition) is 0. The van der Waals surface area contributed by atoms with Gasteiger partial charge in [0.2, 0.25) is 0 Å². The van der Waals surface area contributed by atoms with Crippen LogP contribution in [0, 0.1) is 0 Å². The Balaban J connectivity index is 1.67. The van der Waals surface area contributed by atoms with Gasteiger partial charge in [-0.05, 0) is 38.0 Å². The molecule has 1 atom stereocenters. The van der Waals surface area contributed by atoms with E-state index in [9.17, 15) is 4.79 Å². The van der Waals surface area contributed by atoms with Crippen molar-refractivity contribution in [3.8, 4) is 5.75 Å². The third kappa shape index (κ3) is 3.78. The fraction of sp³-hybridized carbons (Fsp3) is 0.375. The molecule has 0 aliphatic heterocycles. The van der Waals surface area contributed by atoms with Crippen molar-refractivity contribution in [1.82, 2.24) is 9.88 Å². The van der Waals surface area contributed by atoms with Gasteiger partial charge in [-0.3, -0.25) is 4.79 Å². The van der Waals surface area contributed by atoms with Gasteiger partial charge in [0.15, 0.2) is 6.10 Å². The van der Waals surface area contributed by atoms with Crippen LogP contribution in [0.2, 0.25) is 5.02 Å². The lowest BCUT2D eigenvalue weighted by Gasteiger charge is -2.25. The molecule has 1 aliphatic carbocycles. The maximum atomic E-state index is 12.7. The van der Waals surface area contributed by atoms with E-state index >= 15 is 0 Å². The maximum Gasteiger partial charge on any atom is 0.263 e. The minimum atomic E-state index is -0.543. The van der Waals surface area contributed by atoms with E-state index in [4.69, 9.17) is 16.3 Å². The van der Waals surface area contributed by atoms with Crippen LogP contribution < -0.4 is 4.74 Å². The second-order valence-corrected chi connectivity index (χ2v) is 6.76. The predicted molar refractivity (Wildman–Crippen MR) is 87.2 cm³/mol. The molecule has 116 valence electrons. The lowest BCUT2D eigenvalue weighted by Crippen LogP contribution is -2.41. The fourth-order valence-corrected chi connectivity index (χ4v) is 3.07. The van der Waals surface area contributed by atoms with Crippen molar-refractivity contribution in [2.75, 3.05) is 0 Å². The van der Waals surface area contributed by atoms with Crippen LogP contribution in [0.5, 0.6) is 5.75 Å². The average Bonchev–Trinajstić information content (AvgIpc) is 3.20. The van der Waals surface area contributed by atoms with Gasteiger partial charge >= 0.3 is 0 Å². The number of carbonyl (C=O) groups is 1. The van der Waals surface area contributed by atoms with Crippen molar-refractivity contribution in [1.29, 1.82) is 0 Å². The number of benzene rings is 1. The topological polar surface area (TPSA) is 42.4 Å². The molecular formula is C16H17ClN2O2S. The third-order valence-electron chi connectivity index (χ3n) is 3.52. The van der Waals surface area contributed by atoms with Crippen LogP contribution in [0.25, 0.3) is 0 Å². The van der Waals surface area contributed by atoms with Gasteiger partial charge in [-0.15, -0.1) is 11.3 Å². The molecule has 1 aromatic heterocycles. The van der Waals surface area contributed by atoms with E-state index in [2.05, 4.69) is 4.98 Å². The molecular weight excluding hydrogens is 320 g/mol. The van der Waals surface area contributed by atoms with Gasteiger partial charge in [-0.2, -0.15) is 0 Å². The average molecular weight is 337 g/mol. The normalized spacial score (nSPS) is 15.4. The number of hydrogen-bond acceptors (Lipinski definition) is 4. The number of aromatic nitrogens is 1. The number of carbonyl (C=O) groups excluding carboxylic acids is 1. The van der Waals surface area contributed by atoms with Crippen LogP contribution >= 0.6 is 22.9 Å². The molecule has 4 nitrogen and oxygen atoms in total. The SMILES string of the molecule is CC(Oc1cccc(Cl)c1)C(=O)N(Cc1nccs1)C1CC1. The van der Waals surface area contributed by atoms with E-state index in [1.54, 1.807) is 42.7 Å². The van der Waals surface area contributed by atoms with Gasteiger partial charge in [-0.25, -0.2) is 4.98 Å². The second kappa shape index (κ2) is 6.67. The van der Waals surface area contributed by atoms with E-state index in [1.165, 1.54) is 0 Å². The van der Waals surface area contributed by atoms with Gasteiger partial charge in [0.25, 0.3) is 5.91 Å². The Morgan fingerprint density at radius 1 is 1.55 bits per heavy atom. The minimum Gasteiger partial charge on any atom is -0.481 e. The Kier molecular flexibility index (Phi) is 4.64. The standard InChI is InChI=1S/C16H17ClN2O2S/c1-11(21-14-4-2-3-12(17)9-14)16(20)19(13-5-6-13)10-15-18-7-8-22-15/h2-4,7-9,11,13H,5-6,10H2,1H3. The molecule has 1 heterocycles. The molecule has 22 heavy (non-hydrogen) atoms. The molecule has 1 aromatic carbocycles. The quantitative estimate of drug-likeness (QED) is 0.806. The summed E-state index contributed by atoms with van der Waals surface area (Å²) in [5.41, 5.74) is 0. The molecule has 0 N–H and O–H groups in total. The van der Waals surface area contributed by atoms with Crippen LogP contribution in [0.15, 0.2) is 35.8 Å².